The van der Waals surface area contributed by atoms with Crippen LogP contribution in [0.25, 0.3) is 0 Å². The zero-order chi connectivity index (χ0) is 16.9. The molecule has 0 saturated carbocycles. The second kappa shape index (κ2) is 8.02. The number of aliphatic hydroxyl groups is 1. The summed E-state index contributed by atoms with van der Waals surface area (Å²) >= 11 is 12.2. The van der Waals surface area contributed by atoms with E-state index in [9.17, 15) is 5.11 Å². The Balaban J connectivity index is 2.10. The molecule has 0 heterocycles. The van der Waals surface area contributed by atoms with E-state index in [-0.39, 0.29) is 12.1 Å². The van der Waals surface area contributed by atoms with Crippen LogP contribution in [-0.2, 0) is 13.2 Å². The molecule has 2 N–H and O–H groups in total. The van der Waals surface area contributed by atoms with E-state index in [0.29, 0.717) is 23.2 Å². The van der Waals surface area contributed by atoms with Crippen molar-refractivity contribution in [2.45, 2.75) is 32.5 Å². The first kappa shape index (κ1) is 18.1. The predicted molar refractivity (Wildman–Crippen MR) is 95.2 cm³/mol. The van der Waals surface area contributed by atoms with Crippen LogP contribution in [0.15, 0.2) is 42.5 Å². The van der Waals surface area contributed by atoms with Gasteiger partial charge in [0.05, 0.1) is 6.61 Å². The van der Waals surface area contributed by atoms with E-state index in [1.54, 1.807) is 6.07 Å². The van der Waals surface area contributed by atoms with Gasteiger partial charge in [-0.15, -0.1) is 0 Å². The minimum absolute atomic E-state index is 0.0450. The molecule has 2 aromatic carbocycles. The number of nitrogens with one attached hydrogen (secondary N) is 1. The summed E-state index contributed by atoms with van der Waals surface area (Å²) in [6.07, 6.45) is 0. The molecule has 3 nitrogen and oxygen atoms in total. The first-order valence-corrected chi connectivity index (χ1v) is 8.17. The fourth-order valence-electron chi connectivity index (χ4n) is 1.99. The highest BCUT2D eigenvalue weighted by molar-refractivity contribution is 6.31. The van der Waals surface area contributed by atoms with Crippen LogP contribution in [0.1, 0.15) is 25.0 Å². The quantitative estimate of drug-likeness (QED) is 0.773. The number of aliphatic hydroxyl groups excluding tert-OH is 1. The monoisotopic (exact) mass is 353 g/mol. The van der Waals surface area contributed by atoms with Gasteiger partial charge in [0.1, 0.15) is 12.4 Å². The first-order chi connectivity index (χ1) is 10.9. The zero-order valence-corrected chi connectivity index (χ0v) is 14.8. The van der Waals surface area contributed by atoms with Gasteiger partial charge in [0, 0.05) is 33.3 Å². The molecule has 0 atom stereocenters. The van der Waals surface area contributed by atoms with Gasteiger partial charge in [-0.1, -0.05) is 41.4 Å². The van der Waals surface area contributed by atoms with Gasteiger partial charge in [0.15, 0.2) is 0 Å². The second-order valence-electron chi connectivity index (χ2n) is 6.03. The maximum absolute atomic E-state index is 9.34. The standard InChI is InChI=1S/C18H21Cl2NO2/c1-18(2,12-22)21-10-14-9-15(19)7-8-17(14)23-11-13-5-3-4-6-16(13)20/h3-9,21-22H,10-12H2,1-2H3. The minimum atomic E-state index is -0.373. The third-order valence-electron chi connectivity index (χ3n) is 3.52. The molecule has 0 aliphatic heterocycles. The van der Waals surface area contributed by atoms with Crippen molar-refractivity contribution >= 4 is 23.2 Å². The van der Waals surface area contributed by atoms with Crippen LogP contribution in [0.2, 0.25) is 10.0 Å². The molecule has 124 valence electrons. The van der Waals surface area contributed by atoms with Crippen LogP contribution < -0.4 is 10.1 Å². The van der Waals surface area contributed by atoms with Gasteiger partial charge < -0.3 is 15.2 Å². The van der Waals surface area contributed by atoms with Crippen molar-refractivity contribution in [3.05, 3.63) is 63.6 Å². The van der Waals surface area contributed by atoms with Crippen molar-refractivity contribution in [1.29, 1.82) is 0 Å². The fraction of sp³-hybridized carbons (Fsp3) is 0.333. The molecule has 0 aromatic heterocycles. The van der Waals surface area contributed by atoms with Gasteiger partial charge >= 0.3 is 0 Å². The number of ether oxygens (including phenoxy) is 1. The molecule has 23 heavy (non-hydrogen) atoms. The summed E-state index contributed by atoms with van der Waals surface area (Å²) in [6.45, 7) is 4.84. The Labute approximate surface area is 147 Å². The summed E-state index contributed by atoms with van der Waals surface area (Å²) in [5.74, 6) is 0.746. The number of hydrogen-bond donors (Lipinski definition) is 2. The summed E-state index contributed by atoms with van der Waals surface area (Å²) in [7, 11) is 0. The number of benzene rings is 2. The molecule has 2 rings (SSSR count). The average Bonchev–Trinajstić information content (AvgIpc) is 2.53. The Morgan fingerprint density at radius 3 is 2.52 bits per heavy atom. The topological polar surface area (TPSA) is 41.5 Å². The number of halogens is 2. The number of hydrogen-bond acceptors (Lipinski definition) is 3. The summed E-state index contributed by atoms with van der Waals surface area (Å²) < 4.78 is 5.91. The van der Waals surface area contributed by atoms with Crippen molar-refractivity contribution in [3.63, 3.8) is 0 Å². The fourth-order valence-corrected chi connectivity index (χ4v) is 2.37. The molecule has 0 aliphatic carbocycles. The lowest BCUT2D eigenvalue weighted by Gasteiger charge is -2.24. The molecule has 0 radical (unpaired) electrons. The lowest BCUT2D eigenvalue weighted by atomic mass is 10.1. The van der Waals surface area contributed by atoms with E-state index in [2.05, 4.69) is 5.32 Å². The lowest BCUT2D eigenvalue weighted by molar-refractivity contribution is 0.186. The first-order valence-electron chi connectivity index (χ1n) is 7.42. The van der Waals surface area contributed by atoms with Crippen LogP contribution in [0, 0.1) is 0 Å². The maximum Gasteiger partial charge on any atom is 0.124 e. The zero-order valence-electron chi connectivity index (χ0n) is 13.3. The summed E-state index contributed by atoms with van der Waals surface area (Å²) in [6, 6.07) is 13.1. The summed E-state index contributed by atoms with van der Waals surface area (Å²) in [5.41, 5.74) is 1.49. The van der Waals surface area contributed by atoms with Gasteiger partial charge in [0.2, 0.25) is 0 Å². The summed E-state index contributed by atoms with van der Waals surface area (Å²) in [5, 5.41) is 14.0. The van der Waals surface area contributed by atoms with E-state index in [0.717, 1.165) is 16.9 Å². The molecule has 0 fully saturated rings. The van der Waals surface area contributed by atoms with Gasteiger partial charge in [-0.25, -0.2) is 0 Å². The molecule has 2 aromatic rings. The molecule has 0 amide bonds. The molecule has 5 heteroatoms. The van der Waals surface area contributed by atoms with E-state index in [1.165, 1.54) is 0 Å². The molecular formula is C18H21Cl2NO2. The average molecular weight is 354 g/mol. The molecular weight excluding hydrogens is 333 g/mol. The predicted octanol–water partition coefficient (Wildman–Crippen LogP) is 4.43. The molecule has 0 bridgehead atoms. The van der Waals surface area contributed by atoms with Crippen LogP contribution in [0.5, 0.6) is 5.75 Å². The molecule has 0 saturated heterocycles. The Bertz CT molecular complexity index is 659. The third-order valence-corrected chi connectivity index (χ3v) is 4.12. The van der Waals surface area contributed by atoms with Crippen LogP contribution in [0.4, 0.5) is 0 Å². The van der Waals surface area contributed by atoms with E-state index < -0.39 is 0 Å². The number of rotatable bonds is 7. The van der Waals surface area contributed by atoms with Gasteiger partial charge in [-0.3, -0.25) is 0 Å². The van der Waals surface area contributed by atoms with Crippen molar-refractivity contribution in [2.24, 2.45) is 0 Å². The van der Waals surface area contributed by atoms with Gasteiger partial charge in [-0.05, 0) is 38.1 Å². The summed E-state index contributed by atoms with van der Waals surface area (Å²) in [4.78, 5) is 0. The highest BCUT2D eigenvalue weighted by atomic mass is 35.5. The van der Waals surface area contributed by atoms with E-state index in [1.807, 2.05) is 50.2 Å². The third kappa shape index (κ3) is 5.40. The van der Waals surface area contributed by atoms with E-state index in [4.69, 9.17) is 27.9 Å². The minimum Gasteiger partial charge on any atom is -0.489 e. The SMILES string of the molecule is CC(C)(CO)NCc1cc(Cl)ccc1OCc1ccccc1Cl. The second-order valence-corrected chi connectivity index (χ2v) is 6.87. The Hall–Kier alpha value is -1.26. The van der Waals surface area contributed by atoms with Crippen molar-refractivity contribution in [1.82, 2.24) is 5.32 Å². The Morgan fingerprint density at radius 2 is 1.83 bits per heavy atom. The van der Waals surface area contributed by atoms with Crippen molar-refractivity contribution in [3.8, 4) is 5.75 Å². The van der Waals surface area contributed by atoms with E-state index >= 15 is 0 Å². The highest BCUT2D eigenvalue weighted by Gasteiger charge is 2.16. The highest BCUT2D eigenvalue weighted by Crippen LogP contribution is 2.25. The van der Waals surface area contributed by atoms with Crippen LogP contribution >= 0.6 is 23.2 Å². The van der Waals surface area contributed by atoms with Gasteiger partial charge in [-0.2, -0.15) is 0 Å². The normalized spacial score (nSPS) is 11.5. The van der Waals surface area contributed by atoms with Crippen LogP contribution in [0.3, 0.4) is 0 Å². The smallest absolute Gasteiger partial charge is 0.124 e. The largest absolute Gasteiger partial charge is 0.489 e. The lowest BCUT2D eigenvalue weighted by Crippen LogP contribution is -2.42. The van der Waals surface area contributed by atoms with Gasteiger partial charge in [0.25, 0.3) is 0 Å². The van der Waals surface area contributed by atoms with Crippen molar-refractivity contribution < 1.29 is 9.84 Å². The van der Waals surface area contributed by atoms with Crippen LogP contribution in [-0.4, -0.2) is 17.3 Å². The van der Waals surface area contributed by atoms with Crippen molar-refractivity contribution in [2.75, 3.05) is 6.61 Å². The molecule has 0 spiro atoms. The molecule has 0 unspecified atom stereocenters. The molecule has 0 aliphatic rings. The Kier molecular flexibility index (Phi) is 6.31. The Morgan fingerprint density at radius 1 is 1.09 bits per heavy atom. The maximum atomic E-state index is 9.34.